The highest BCUT2D eigenvalue weighted by Crippen LogP contribution is 2.54. The number of nitrogens with one attached hydrogen (secondary N) is 1. The minimum atomic E-state index is -0.0938. The monoisotopic (exact) mass is 314 g/mol. The molecule has 1 spiro atoms. The number of rotatable bonds is 4. The van der Waals surface area contributed by atoms with Gasteiger partial charge in [0.1, 0.15) is 4.88 Å². The van der Waals surface area contributed by atoms with E-state index in [-0.39, 0.29) is 17.4 Å². The zero-order valence-electron chi connectivity index (χ0n) is 11.5. The average molecular weight is 315 g/mol. The molecule has 0 aromatic carbocycles. The van der Waals surface area contributed by atoms with E-state index >= 15 is 0 Å². The lowest BCUT2D eigenvalue weighted by Gasteiger charge is -2.54. The van der Waals surface area contributed by atoms with Gasteiger partial charge < -0.3 is 10.1 Å². The molecule has 2 aliphatic rings. The Labute approximate surface area is 127 Å². The lowest BCUT2D eigenvalue weighted by atomic mass is 9.60. The number of hydrogen-bond donors (Lipinski definition) is 1. The van der Waals surface area contributed by atoms with Crippen molar-refractivity contribution in [1.82, 2.24) is 10.3 Å². The first-order valence-electron chi connectivity index (χ1n) is 7.19. The van der Waals surface area contributed by atoms with Crippen molar-refractivity contribution in [2.75, 3.05) is 6.61 Å². The van der Waals surface area contributed by atoms with Crippen LogP contribution in [0.25, 0.3) is 0 Å². The van der Waals surface area contributed by atoms with E-state index in [0.717, 1.165) is 25.9 Å². The number of nitrogens with zero attached hydrogens (tertiary/aromatic N) is 1. The molecule has 4 nitrogen and oxygen atoms in total. The van der Waals surface area contributed by atoms with Gasteiger partial charge in [-0.1, -0.05) is 24.4 Å². The fourth-order valence-corrected chi connectivity index (χ4v) is 4.60. The number of aromatic nitrogens is 1. The van der Waals surface area contributed by atoms with Crippen LogP contribution < -0.4 is 5.32 Å². The maximum Gasteiger partial charge on any atom is 0.264 e. The Morgan fingerprint density at radius 1 is 1.60 bits per heavy atom. The molecule has 2 atom stereocenters. The smallest absolute Gasteiger partial charge is 0.264 e. The fraction of sp³-hybridized carbons (Fsp3) is 0.714. The predicted octanol–water partition coefficient (Wildman–Crippen LogP) is 3.26. The molecule has 6 heteroatoms. The summed E-state index contributed by atoms with van der Waals surface area (Å²) in [7, 11) is 0. The summed E-state index contributed by atoms with van der Waals surface area (Å²) < 4.78 is 5.85. The zero-order valence-corrected chi connectivity index (χ0v) is 13.1. The van der Waals surface area contributed by atoms with Gasteiger partial charge >= 0.3 is 0 Å². The van der Waals surface area contributed by atoms with Crippen LogP contribution in [0.3, 0.4) is 0 Å². The van der Waals surface area contributed by atoms with Crippen LogP contribution in [-0.2, 0) is 4.74 Å². The van der Waals surface area contributed by atoms with Gasteiger partial charge in [-0.2, -0.15) is 0 Å². The Morgan fingerprint density at radius 2 is 2.35 bits per heavy atom. The molecule has 0 aliphatic heterocycles. The molecule has 1 aromatic rings. The van der Waals surface area contributed by atoms with Crippen LogP contribution in [-0.4, -0.2) is 29.6 Å². The van der Waals surface area contributed by atoms with Crippen molar-refractivity contribution in [2.24, 2.45) is 5.41 Å². The van der Waals surface area contributed by atoms with Gasteiger partial charge in [0.25, 0.3) is 5.91 Å². The molecule has 2 saturated carbocycles. The molecule has 1 N–H and O–H groups in total. The van der Waals surface area contributed by atoms with Crippen LogP contribution in [0.5, 0.6) is 0 Å². The number of thiazole rings is 1. The predicted molar refractivity (Wildman–Crippen MR) is 79.3 cm³/mol. The molecule has 1 heterocycles. The maximum absolute atomic E-state index is 12.3. The van der Waals surface area contributed by atoms with E-state index in [2.05, 4.69) is 10.3 Å². The van der Waals surface area contributed by atoms with E-state index in [9.17, 15) is 4.79 Å². The van der Waals surface area contributed by atoms with Gasteiger partial charge in [0.2, 0.25) is 0 Å². The van der Waals surface area contributed by atoms with Crippen LogP contribution >= 0.6 is 22.9 Å². The summed E-state index contributed by atoms with van der Waals surface area (Å²) in [6, 6.07) is 0.215. The summed E-state index contributed by atoms with van der Waals surface area (Å²) in [6.45, 7) is 2.78. The van der Waals surface area contributed by atoms with Crippen molar-refractivity contribution in [1.29, 1.82) is 0 Å². The average Bonchev–Trinajstić information content (AvgIpc) is 3.07. The Morgan fingerprint density at radius 3 is 2.95 bits per heavy atom. The summed E-state index contributed by atoms with van der Waals surface area (Å²) in [5, 5.41) is 3.45. The van der Waals surface area contributed by atoms with Crippen molar-refractivity contribution in [3.63, 3.8) is 0 Å². The second-order valence-corrected chi connectivity index (χ2v) is 6.83. The minimum Gasteiger partial charge on any atom is -0.378 e. The molecule has 3 rings (SSSR count). The maximum atomic E-state index is 12.3. The third-order valence-electron chi connectivity index (χ3n) is 4.72. The molecule has 2 aliphatic carbocycles. The van der Waals surface area contributed by atoms with Crippen LogP contribution in [0.4, 0.5) is 0 Å². The van der Waals surface area contributed by atoms with Crippen LogP contribution in [0.2, 0.25) is 5.15 Å². The molecule has 0 unspecified atom stereocenters. The molecule has 1 aromatic heterocycles. The zero-order chi connectivity index (χ0) is 14.2. The molecular weight excluding hydrogens is 296 g/mol. The van der Waals surface area contributed by atoms with Crippen molar-refractivity contribution >= 4 is 28.8 Å². The van der Waals surface area contributed by atoms with E-state index in [0.29, 0.717) is 16.1 Å². The molecule has 0 radical (unpaired) electrons. The van der Waals surface area contributed by atoms with Crippen LogP contribution in [0.1, 0.15) is 48.7 Å². The van der Waals surface area contributed by atoms with E-state index in [1.165, 1.54) is 24.2 Å². The van der Waals surface area contributed by atoms with Crippen molar-refractivity contribution in [3.8, 4) is 0 Å². The first kappa shape index (κ1) is 14.3. The Kier molecular flexibility index (Phi) is 4.02. The van der Waals surface area contributed by atoms with Crippen molar-refractivity contribution in [3.05, 3.63) is 15.5 Å². The molecule has 1 amide bonds. The van der Waals surface area contributed by atoms with E-state index in [4.69, 9.17) is 16.3 Å². The minimum absolute atomic E-state index is 0.0938. The first-order valence-corrected chi connectivity index (χ1v) is 8.44. The lowest BCUT2D eigenvalue weighted by molar-refractivity contribution is -0.127. The topological polar surface area (TPSA) is 51.2 Å². The molecule has 0 saturated heterocycles. The first-order chi connectivity index (χ1) is 9.67. The molecule has 110 valence electrons. The summed E-state index contributed by atoms with van der Waals surface area (Å²) >= 11 is 7.21. The summed E-state index contributed by atoms with van der Waals surface area (Å²) in [5.74, 6) is -0.0938. The van der Waals surface area contributed by atoms with E-state index < -0.39 is 0 Å². The van der Waals surface area contributed by atoms with Gasteiger partial charge in [0, 0.05) is 18.1 Å². The third kappa shape index (κ3) is 2.26. The lowest BCUT2D eigenvalue weighted by Crippen LogP contribution is -2.63. The highest BCUT2D eigenvalue weighted by atomic mass is 35.5. The number of carbonyl (C=O) groups excluding carboxylic acids is 1. The normalized spacial score (nSPS) is 27.5. The summed E-state index contributed by atoms with van der Waals surface area (Å²) in [5.41, 5.74) is 1.76. The molecular formula is C14H19ClN2O2S. The second kappa shape index (κ2) is 5.62. The fourth-order valence-electron chi connectivity index (χ4n) is 3.69. The molecule has 0 bridgehead atoms. The van der Waals surface area contributed by atoms with E-state index in [1.54, 1.807) is 5.51 Å². The third-order valence-corrected chi connectivity index (χ3v) is 5.95. The van der Waals surface area contributed by atoms with E-state index in [1.807, 2.05) is 6.92 Å². The summed E-state index contributed by atoms with van der Waals surface area (Å²) in [6.07, 6.45) is 5.99. The van der Waals surface area contributed by atoms with Gasteiger partial charge in [-0.25, -0.2) is 4.98 Å². The SMILES string of the molecule is CCO[C@H]1C[C@H](NC(=O)c2scnc2Cl)C12CCCC2. The molecule has 2 fully saturated rings. The Balaban J connectivity index is 1.69. The van der Waals surface area contributed by atoms with Crippen LogP contribution in [0, 0.1) is 5.41 Å². The molecule has 20 heavy (non-hydrogen) atoms. The summed E-state index contributed by atoms with van der Waals surface area (Å²) in [4.78, 5) is 16.7. The van der Waals surface area contributed by atoms with Gasteiger partial charge in [0.15, 0.2) is 5.15 Å². The Hall–Kier alpha value is -0.650. The quantitative estimate of drug-likeness (QED) is 0.928. The highest BCUT2D eigenvalue weighted by molar-refractivity contribution is 7.12. The number of amides is 1. The van der Waals surface area contributed by atoms with Gasteiger partial charge in [-0.3, -0.25) is 4.79 Å². The van der Waals surface area contributed by atoms with Gasteiger partial charge in [-0.05, 0) is 26.2 Å². The van der Waals surface area contributed by atoms with Crippen molar-refractivity contribution < 1.29 is 9.53 Å². The van der Waals surface area contributed by atoms with Crippen molar-refractivity contribution in [2.45, 2.75) is 51.2 Å². The highest BCUT2D eigenvalue weighted by Gasteiger charge is 2.57. The Bertz CT molecular complexity index is 499. The number of hydrogen-bond acceptors (Lipinski definition) is 4. The van der Waals surface area contributed by atoms with Gasteiger partial charge in [0.05, 0.1) is 11.6 Å². The van der Waals surface area contributed by atoms with Crippen LogP contribution in [0.15, 0.2) is 5.51 Å². The number of ether oxygens (including phenoxy) is 1. The second-order valence-electron chi connectivity index (χ2n) is 5.62. The standard InChI is InChI=1S/C14H19ClN2O2S/c1-2-19-10-7-9(14(10)5-3-4-6-14)17-13(18)11-12(15)16-8-20-11/h8-10H,2-7H2,1H3,(H,17,18)/t9-,10-/m0/s1. The van der Waals surface area contributed by atoms with Gasteiger partial charge in [-0.15, -0.1) is 11.3 Å². The number of carbonyl (C=O) groups is 1. The number of halogens is 1. The largest absolute Gasteiger partial charge is 0.378 e.